The molecule has 0 bridgehead atoms. The van der Waals surface area contributed by atoms with Crippen LogP contribution in [0.15, 0.2) is 12.8 Å². The van der Waals surface area contributed by atoms with E-state index in [0.717, 1.165) is 6.26 Å². The van der Waals surface area contributed by atoms with E-state index >= 15 is 0 Å². The van der Waals surface area contributed by atoms with E-state index in [-0.39, 0.29) is 18.9 Å². The Morgan fingerprint density at radius 2 is 1.75 bits per heavy atom. The fourth-order valence-electron chi connectivity index (χ4n) is 0.112. The molecule has 0 aliphatic carbocycles. The second kappa shape index (κ2) is 4.15. The van der Waals surface area contributed by atoms with Crippen molar-refractivity contribution in [2.45, 2.75) is 0 Å². The Balaban J connectivity index is 0. The minimum atomic E-state index is -4.28. The van der Waals surface area contributed by atoms with Crippen molar-refractivity contribution in [1.82, 2.24) is 0 Å². The summed E-state index contributed by atoms with van der Waals surface area (Å²) in [6.07, 6.45) is 0.770. The van der Waals surface area contributed by atoms with Gasteiger partial charge in [-0.3, -0.25) is 0 Å². The van der Waals surface area contributed by atoms with Crippen molar-refractivity contribution in [3.63, 3.8) is 0 Å². The average molecular weight is 130 g/mol. The molecule has 0 amide bonds. The molecule has 0 fully saturated rings. The fraction of sp³-hybridized carbons (Fsp3) is 0. The summed E-state index contributed by atoms with van der Waals surface area (Å²) in [6.45, 7) is 2.98. The molecule has 4 nitrogen and oxygen atoms in total. The van der Waals surface area contributed by atoms with Gasteiger partial charge in [-0.25, -0.2) is 0 Å². The molecular weight excluding hydrogens is 123 g/mol. The van der Waals surface area contributed by atoms with Crippen LogP contribution in [-0.4, -0.2) is 42.3 Å². The second-order valence-corrected chi connectivity index (χ2v) is 2.24. The van der Waals surface area contributed by atoms with Crippen LogP contribution >= 0.6 is 0 Å². The zero-order chi connectivity index (χ0) is 5.91. The second-order valence-electron chi connectivity index (χ2n) is 0.858. The molecule has 0 aromatic carbocycles. The summed E-state index contributed by atoms with van der Waals surface area (Å²) in [7, 11) is -4.28. The van der Waals surface area contributed by atoms with E-state index in [2.05, 4.69) is 11.0 Å². The molecule has 0 radical (unpaired) electrons. The van der Waals surface area contributed by atoms with E-state index in [1.54, 1.807) is 0 Å². The van der Waals surface area contributed by atoms with E-state index in [1.165, 1.54) is 0 Å². The molecule has 0 saturated carbocycles. The van der Waals surface area contributed by atoms with Crippen molar-refractivity contribution >= 4 is 27.9 Å². The SMILES string of the molecule is C=CO[Si](O)(O)O.[LiH]. The molecule has 0 heterocycles. The Labute approximate surface area is 60.1 Å². The van der Waals surface area contributed by atoms with Gasteiger partial charge in [-0.15, -0.1) is 0 Å². The van der Waals surface area contributed by atoms with Gasteiger partial charge in [0, 0.05) is 0 Å². The summed E-state index contributed by atoms with van der Waals surface area (Å²) in [6, 6.07) is 0. The van der Waals surface area contributed by atoms with Crippen molar-refractivity contribution in [2.24, 2.45) is 0 Å². The maximum absolute atomic E-state index is 7.97. The topological polar surface area (TPSA) is 69.9 Å². The molecule has 0 aliphatic rings. The first kappa shape index (κ1) is 11.1. The van der Waals surface area contributed by atoms with Gasteiger partial charge in [-0.2, -0.15) is 0 Å². The molecule has 0 unspecified atom stereocenters. The maximum atomic E-state index is 7.97. The predicted octanol–water partition coefficient (Wildman–Crippen LogP) is -2.09. The Bertz CT molecular complexity index is 68.9. The van der Waals surface area contributed by atoms with Crippen LogP contribution in [0.5, 0.6) is 0 Å². The number of hydrogen-bond donors (Lipinski definition) is 3. The van der Waals surface area contributed by atoms with Crippen LogP contribution in [0.3, 0.4) is 0 Å². The van der Waals surface area contributed by atoms with Gasteiger partial charge in [0.15, 0.2) is 0 Å². The van der Waals surface area contributed by atoms with Gasteiger partial charge >= 0.3 is 27.9 Å². The number of hydrogen-bond acceptors (Lipinski definition) is 4. The van der Waals surface area contributed by atoms with Crippen molar-refractivity contribution in [1.29, 1.82) is 0 Å². The zero-order valence-electron chi connectivity index (χ0n) is 3.53. The summed E-state index contributed by atoms with van der Waals surface area (Å²) in [4.78, 5) is 23.9. The summed E-state index contributed by atoms with van der Waals surface area (Å²) in [5, 5.41) is 0. The number of rotatable bonds is 2. The summed E-state index contributed by atoms with van der Waals surface area (Å²) < 4.78 is 3.80. The van der Waals surface area contributed by atoms with Gasteiger partial charge in [0.1, 0.15) is 0 Å². The van der Waals surface area contributed by atoms with Crippen LogP contribution in [0.2, 0.25) is 0 Å². The quantitative estimate of drug-likeness (QED) is 0.296. The predicted molar refractivity (Wildman–Crippen MR) is 30.8 cm³/mol. The summed E-state index contributed by atoms with van der Waals surface area (Å²) >= 11 is 0. The third-order valence-corrected chi connectivity index (χ3v) is 0.724. The van der Waals surface area contributed by atoms with Gasteiger partial charge in [0.2, 0.25) is 0 Å². The van der Waals surface area contributed by atoms with Gasteiger partial charge in [-0.05, 0) is 0 Å². The van der Waals surface area contributed by atoms with Crippen LogP contribution < -0.4 is 0 Å². The first-order valence-corrected chi connectivity index (χ1v) is 3.27. The molecule has 3 N–H and O–H groups in total. The molecule has 0 aromatic heterocycles. The molecule has 44 valence electrons. The third kappa shape index (κ3) is 9.53. The average Bonchev–Trinajstić information content (AvgIpc) is 1.30. The molecule has 0 atom stereocenters. The molecule has 0 aliphatic heterocycles. The van der Waals surface area contributed by atoms with E-state index in [9.17, 15) is 0 Å². The van der Waals surface area contributed by atoms with Crippen LogP contribution in [-0.2, 0) is 4.43 Å². The van der Waals surface area contributed by atoms with E-state index in [1.807, 2.05) is 0 Å². The van der Waals surface area contributed by atoms with Crippen molar-refractivity contribution in [3.05, 3.63) is 12.8 Å². The molecule has 8 heavy (non-hydrogen) atoms. The van der Waals surface area contributed by atoms with Crippen LogP contribution in [0.25, 0.3) is 0 Å². The molecular formula is C2H7LiO4Si. The van der Waals surface area contributed by atoms with Gasteiger partial charge in [-0.1, -0.05) is 6.58 Å². The van der Waals surface area contributed by atoms with E-state index < -0.39 is 9.05 Å². The first-order valence-electron chi connectivity index (χ1n) is 1.52. The Hall–Kier alpha value is 0.234. The van der Waals surface area contributed by atoms with Crippen molar-refractivity contribution < 1.29 is 18.8 Å². The standard InChI is InChI=1S/C2H6O4Si.Li.H/c1-2-6-7(3,4)5;;/h2-5H,1H2;;. The minimum absolute atomic E-state index is 0. The van der Waals surface area contributed by atoms with E-state index in [4.69, 9.17) is 14.4 Å². The molecule has 6 heteroatoms. The molecule has 0 rings (SSSR count). The van der Waals surface area contributed by atoms with Gasteiger partial charge in [0.05, 0.1) is 6.26 Å². The monoisotopic (exact) mass is 130 g/mol. The van der Waals surface area contributed by atoms with E-state index in [0.29, 0.717) is 0 Å². The first-order chi connectivity index (χ1) is 3.06. The Morgan fingerprint density at radius 3 is 1.75 bits per heavy atom. The fourth-order valence-corrected chi connectivity index (χ4v) is 0.335. The van der Waals surface area contributed by atoms with Crippen molar-refractivity contribution in [3.8, 4) is 0 Å². The Morgan fingerprint density at radius 1 is 1.38 bits per heavy atom. The Kier molecular flexibility index (Phi) is 5.75. The van der Waals surface area contributed by atoms with Crippen LogP contribution in [0, 0.1) is 0 Å². The summed E-state index contributed by atoms with van der Waals surface area (Å²) in [5.74, 6) is 0. The van der Waals surface area contributed by atoms with Crippen LogP contribution in [0.4, 0.5) is 0 Å². The van der Waals surface area contributed by atoms with Gasteiger partial charge < -0.3 is 18.8 Å². The third-order valence-electron chi connectivity index (χ3n) is 0.241. The molecule has 0 spiro atoms. The molecule has 0 aromatic rings. The normalized spacial score (nSPS) is 9.38. The zero-order valence-corrected chi connectivity index (χ0v) is 4.53. The van der Waals surface area contributed by atoms with Crippen molar-refractivity contribution in [2.75, 3.05) is 0 Å². The summed E-state index contributed by atoms with van der Waals surface area (Å²) in [5.41, 5.74) is 0. The van der Waals surface area contributed by atoms with Crippen LogP contribution in [0.1, 0.15) is 0 Å². The van der Waals surface area contributed by atoms with Gasteiger partial charge in [0.25, 0.3) is 0 Å². The molecule has 0 saturated heterocycles.